The molecule has 0 unspecified atom stereocenters. The number of nitrogens with two attached hydrogens (primary N) is 1. The Labute approximate surface area is 123 Å². The maximum atomic E-state index is 12.4. The normalized spacial score (nSPS) is 26.1. The van der Waals surface area contributed by atoms with Gasteiger partial charge in [0, 0.05) is 6.20 Å². The summed E-state index contributed by atoms with van der Waals surface area (Å²) in [6.07, 6.45) is 3.93. The average molecular weight is 291 g/mol. The van der Waals surface area contributed by atoms with Crippen molar-refractivity contribution in [3.8, 4) is 0 Å². The van der Waals surface area contributed by atoms with E-state index >= 15 is 0 Å². The van der Waals surface area contributed by atoms with Gasteiger partial charge in [0.1, 0.15) is 0 Å². The smallest absolute Gasteiger partial charge is 0.255 e. The Morgan fingerprint density at radius 3 is 2.90 bits per heavy atom. The zero-order valence-electron chi connectivity index (χ0n) is 12.2. The standard InChI is InChI=1S/C14H21N5O2/c1-9-10(6-16-14(15)17-9)13(20)18-11-7-21-8-12(11)19-4-2-3-5-19/h6,11-12H,2-5,7-8H2,1H3,(H,18,20)(H2,15,16,17)/t11-,12-/m0/s1. The Morgan fingerprint density at radius 2 is 2.19 bits per heavy atom. The van der Waals surface area contributed by atoms with Crippen LogP contribution in [-0.2, 0) is 4.74 Å². The zero-order valence-corrected chi connectivity index (χ0v) is 12.2. The van der Waals surface area contributed by atoms with Crippen molar-refractivity contribution in [2.45, 2.75) is 31.8 Å². The number of hydrogen-bond donors (Lipinski definition) is 2. The fraction of sp³-hybridized carbons (Fsp3) is 0.643. The minimum atomic E-state index is -0.160. The molecule has 1 amide bonds. The van der Waals surface area contributed by atoms with E-state index in [2.05, 4.69) is 20.2 Å². The van der Waals surface area contributed by atoms with Crippen LogP contribution in [0.25, 0.3) is 0 Å². The second kappa shape index (κ2) is 5.95. The lowest BCUT2D eigenvalue weighted by Gasteiger charge is -2.28. The van der Waals surface area contributed by atoms with Gasteiger partial charge < -0.3 is 15.8 Å². The number of amides is 1. The molecule has 2 aliphatic heterocycles. The van der Waals surface area contributed by atoms with Crippen LogP contribution in [0.1, 0.15) is 28.9 Å². The van der Waals surface area contributed by atoms with E-state index in [4.69, 9.17) is 10.5 Å². The van der Waals surface area contributed by atoms with Crippen LogP contribution in [0.3, 0.4) is 0 Å². The summed E-state index contributed by atoms with van der Waals surface area (Å²) in [7, 11) is 0. The first-order chi connectivity index (χ1) is 10.1. The Hall–Kier alpha value is -1.73. The quantitative estimate of drug-likeness (QED) is 0.811. The summed E-state index contributed by atoms with van der Waals surface area (Å²) < 4.78 is 5.56. The first-order valence-electron chi connectivity index (χ1n) is 7.37. The average Bonchev–Trinajstić information content (AvgIpc) is 3.08. The lowest BCUT2D eigenvalue weighted by molar-refractivity contribution is 0.0915. The monoisotopic (exact) mass is 291 g/mol. The third-order valence-electron chi connectivity index (χ3n) is 4.22. The molecule has 3 heterocycles. The van der Waals surface area contributed by atoms with E-state index in [9.17, 15) is 4.79 Å². The van der Waals surface area contributed by atoms with Gasteiger partial charge in [0.25, 0.3) is 5.91 Å². The molecular formula is C14H21N5O2. The second-order valence-corrected chi connectivity index (χ2v) is 5.66. The van der Waals surface area contributed by atoms with Gasteiger partial charge in [-0.1, -0.05) is 0 Å². The molecule has 2 saturated heterocycles. The van der Waals surface area contributed by atoms with Crippen molar-refractivity contribution in [2.24, 2.45) is 0 Å². The minimum absolute atomic E-state index is 0.0209. The molecule has 7 nitrogen and oxygen atoms in total. The minimum Gasteiger partial charge on any atom is -0.378 e. The van der Waals surface area contributed by atoms with Crippen molar-refractivity contribution >= 4 is 11.9 Å². The summed E-state index contributed by atoms with van der Waals surface area (Å²) in [5, 5.41) is 3.06. The number of carbonyl (C=O) groups excluding carboxylic acids is 1. The number of aryl methyl sites for hydroxylation is 1. The van der Waals surface area contributed by atoms with E-state index < -0.39 is 0 Å². The maximum absolute atomic E-state index is 12.4. The van der Waals surface area contributed by atoms with Crippen LogP contribution in [0.5, 0.6) is 0 Å². The summed E-state index contributed by atoms with van der Waals surface area (Å²) in [4.78, 5) is 22.7. The van der Waals surface area contributed by atoms with Crippen molar-refractivity contribution in [2.75, 3.05) is 32.0 Å². The van der Waals surface area contributed by atoms with Crippen LogP contribution >= 0.6 is 0 Å². The summed E-state index contributed by atoms with van der Waals surface area (Å²) in [6, 6.07) is 0.291. The number of ether oxygens (including phenoxy) is 1. The summed E-state index contributed by atoms with van der Waals surface area (Å²) >= 11 is 0. The predicted molar refractivity (Wildman–Crippen MR) is 77.8 cm³/mol. The van der Waals surface area contributed by atoms with Crippen LogP contribution in [0.4, 0.5) is 5.95 Å². The van der Waals surface area contributed by atoms with E-state index in [1.807, 2.05) is 0 Å². The molecule has 0 aromatic carbocycles. The lowest BCUT2D eigenvalue weighted by Crippen LogP contribution is -2.50. The highest BCUT2D eigenvalue weighted by Gasteiger charge is 2.35. The van der Waals surface area contributed by atoms with Gasteiger partial charge in [-0.3, -0.25) is 9.69 Å². The highest BCUT2D eigenvalue weighted by Crippen LogP contribution is 2.19. The molecule has 2 atom stereocenters. The Bertz CT molecular complexity index is 530. The molecule has 1 aromatic heterocycles. The van der Waals surface area contributed by atoms with E-state index in [-0.39, 0.29) is 23.9 Å². The maximum Gasteiger partial charge on any atom is 0.255 e. The number of hydrogen-bond acceptors (Lipinski definition) is 6. The number of nitrogens with one attached hydrogen (secondary N) is 1. The molecule has 0 aliphatic carbocycles. The molecule has 0 saturated carbocycles. The number of nitrogen functional groups attached to an aromatic ring is 1. The molecule has 2 fully saturated rings. The Kier molecular flexibility index (Phi) is 4.03. The number of nitrogens with zero attached hydrogens (tertiary/aromatic N) is 3. The van der Waals surface area contributed by atoms with E-state index in [0.717, 1.165) is 13.1 Å². The summed E-state index contributed by atoms with van der Waals surface area (Å²) in [5.74, 6) is 0.0235. The largest absolute Gasteiger partial charge is 0.378 e. The number of rotatable bonds is 3. The summed E-state index contributed by atoms with van der Waals surface area (Å²) in [5.41, 5.74) is 6.58. The molecule has 7 heteroatoms. The molecule has 0 radical (unpaired) electrons. The van der Waals surface area contributed by atoms with Crippen LogP contribution < -0.4 is 11.1 Å². The van der Waals surface area contributed by atoms with E-state index in [1.165, 1.54) is 19.0 Å². The van der Waals surface area contributed by atoms with Crippen molar-refractivity contribution in [1.29, 1.82) is 0 Å². The molecule has 2 aliphatic rings. The number of carbonyl (C=O) groups is 1. The summed E-state index contributed by atoms with van der Waals surface area (Å²) in [6.45, 7) is 5.18. The SMILES string of the molecule is Cc1nc(N)ncc1C(=O)N[C@H]1COC[C@@H]1N1CCCC1. The fourth-order valence-electron chi connectivity index (χ4n) is 3.07. The van der Waals surface area contributed by atoms with Crippen molar-refractivity contribution in [1.82, 2.24) is 20.2 Å². The zero-order chi connectivity index (χ0) is 14.8. The molecule has 1 aromatic rings. The number of aromatic nitrogens is 2. The van der Waals surface area contributed by atoms with Gasteiger partial charge in [-0.2, -0.15) is 0 Å². The first-order valence-corrected chi connectivity index (χ1v) is 7.37. The van der Waals surface area contributed by atoms with Crippen LogP contribution in [0.15, 0.2) is 6.20 Å². The topological polar surface area (TPSA) is 93.4 Å². The highest BCUT2D eigenvalue weighted by molar-refractivity contribution is 5.95. The Balaban J connectivity index is 1.68. The van der Waals surface area contributed by atoms with Gasteiger partial charge in [0.15, 0.2) is 0 Å². The van der Waals surface area contributed by atoms with Crippen LogP contribution in [0.2, 0.25) is 0 Å². The second-order valence-electron chi connectivity index (χ2n) is 5.66. The van der Waals surface area contributed by atoms with Gasteiger partial charge in [-0.05, 0) is 32.9 Å². The van der Waals surface area contributed by atoms with Crippen LogP contribution in [-0.4, -0.2) is 59.2 Å². The molecule has 3 rings (SSSR count). The van der Waals surface area contributed by atoms with Gasteiger partial charge in [-0.25, -0.2) is 9.97 Å². The third kappa shape index (κ3) is 2.98. The molecular weight excluding hydrogens is 270 g/mol. The van der Waals surface area contributed by atoms with Crippen molar-refractivity contribution in [3.05, 3.63) is 17.5 Å². The number of likely N-dealkylation sites (tertiary alicyclic amines) is 1. The van der Waals surface area contributed by atoms with Crippen molar-refractivity contribution in [3.63, 3.8) is 0 Å². The highest BCUT2D eigenvalue weighted by atomic mass is 16.5. The van der Waals surface area contributed by atoms with E-state index in [1.54, 1.807) is 6.92 Å². The molecule has 114 valence electrons. The van der Waals surface area contributed by atoms with Gasteiger partial charge in [0.2, 0.25) is 5.95 Å². The van der Waals surface area contributed by atoms with E-state index in [0.29, 0.717) is 24.5 Å². The fourth-order valence-corrected chi connectivity index (χ4v) is 3.07. The van der Waals surface area contributed by atoms with Crippen molar-refractivity contribution < 1.29 is 9.53 Å². The van der Waals surface area contributed by atoms with Gasteiger partial charge in [0.05, 0.1) is 36.6 Å². The van der Waals surface area contributed by atoms with Crippen LogP contribution in [0, 0.1) is 6.92 Å². The van der Waals surface area contributed by atoms with Gasteiger partial charge in [-0.15, -0.1) is 0 Å². The molecule has 0 spiro atoms. The molecule has 3 N–H and O–H groups in total. The number of anilines is 1. The first kappa shape index (κ1) is 14.2. The third-order valence-corrected chi connectivity index (χ3v) is 4.22. The predicted octanol–water partition coefficient (Wildman–Crippen LogP) is -0.0398. The van der Waals surface area contributed by atoms with Gasteiger partial charge >= 0.3 is 0 Å². The Morgan fingerprint density at radius 1 is 1.43 bits per heavy atom. The lowest BCUT2D eigenvalue weighted by atomic mass is 10.1. The molecule has 0 bridgehead atoms. The molecule has 21 heavy (non-hydrogen) atoms.